The molecule has 0 N–H and O–H groups in total. The molecule has 0 aliphatic heterocycles. The van der Waals surface area contributed by atoms with Gasteiger partial charge in [-0.3, -0.25) is 14.6 Å². The standard InChI is InChI=1S/C16H22N2O4/c1-4-8-14(19)12(16(20)22-6-3)11-18-13-9-7-10-17-15(13)21-5-2/h7,9-12H,4-6,8H2,1-3H3. The van der Waals surface area contributed by atoms with Crippen molar-refractivity contribution in [2.75, 3.05) is 13.2 Å². The maximum absolute atomic E-state index is 12.1. The van der Waals surface area contributed by atoms with Gasteiger partial charge in [0.15, 0.2) is 11.7 Å². The fraction of sp³-hybridized carbons (Fsp3) is 0.500. The van der Waals surface area contributed by atoms with Crippen molar-refractivity contribution in [2.24, 2.45) is 10.9 Å². The second-order valence-electron chi connectivity index (χ2n) is 4.48. The van der Waals surface area contributed by atoms with Crippen molar-refractivity contribution in [3.8, 4) is 5.88 Å². The Morgan fingerprint density at radius 2 is 2.09 bits per heavy atom. The van der Waals surface area contributed by atoms with Gasteiger partial charge in [0.1, 0.15) is 5.69 Å². The first-order valence-corrected chi connectivity index (χ1v) is 7.45. The SMILES string of the molecule is CCCC(=O)C(C=Nc1cccnc1OCC)C(=O)OCC. The molecule has 0 spiro atoms. The first kappa shape index (κ1) is 17.8. The highest BCUT2D eigenvalue weighted by atomic mass is 16.5. The lowest BCUT2D eigenvalue weighted by Crippen LogP contribution is -2.27. The van der Waals surface area contributed by atoms with Crippen molar-refractivity contribution in [3.05, 3.63) is 18.3 Å². The van der Waals surface area contributed by atoms with E-state index in [1.54, 1.807) is 25.3 Å². The van der Waals surface area contributed by atoms with Gasteiger partial charge < -0.3 is 9.47 Å². The number of aliphatic imine (C=N–C) groups is 1. The van der Waals surface area contributed by atoms with E-state index in [-0.39, 0.29) is 12.4 Å². The van der Waals surface area contributed by atoms with E-state index in [0.717, 1.165) is 0 Å². The molecule has 0 saturated heterocycles. The maximum Gasteiger partial charge on any atom is 0.321 e. The molecule has 22 heavy (non-hydrogen) atoms. The van der Waals surface area contributed by atoms with Crippen LogP contribution in [-0.2, 0) is 14.3 Å². The molecule has 1 aromatic rings. The van der Waals surface area contributed by atoms with Gasteiger partial charge in [-0.1, -0.05) is 6.92 Å². The van der Waals surface area contributed by atoms with E-state index in [2.05, 4.69) is 9.98 Å². The Morgan fingerprint density at radius 1 is 1.32 bits per heavy atom. The molecule has 6 nitrogen and oxygen atoms in total. The fourth-order valence-electron chi connectivity index (χ4n) is 1.79. The number of carbonyl (C=O) groups excluding carboxylic acids is 2. The Labute approximate surface area is 130 Å². The average molecular weight is 306 g/mol. The lowest BCUT2D eigenvalue weighted by atomic mass is 10.0. The molecule has 0 saturated carbocycles. The minimum absolute atomic E-state index is 0.202. The van der Waals surface area contributed by atoms with Crippen LogP contribution in [0.25, 0.3) is 0 Å². The van der Waals surface area contributed by atoms with Gasteiger partial charge in [0.25, 0.3) is 0 Å². The summed E-state index contributed by atoms with van der Waals surface area (Å²) < 4.78 is 10.3. The number of rotatable bonds is 9. The topological polar surface area (TPSA) is 77.9 Å². The van der Waals surface area contributed by atoms with Crippen molar-refractivity contribution >= 4 is 23.7 Å². The number of aromatic nitrogens is 1. The molecule has 0 aromatic carbocycles. The number of nitrogens with zero attached hydrogens (tertiary/aromatic N) is 2. The predicted octanol–water partition coefficient (Wildman–Crippen LogP) is 2.73. The lowest BCUT2D eigenvalue weighted by molar-refractivity contribution is -0.148. The van der Waals surface area contributed by atoms with Crippen LogP contribution in [0.2, 0.25) is 0 Å². The van der Waals surface area contributed by atoms with Crippen LogP contribution in [0.5, 0.6) is 5.88 Å². The van der Waals surface area contributed by atoms with Crippen LogP contribution >= 0.6 is 0 Å². The molecule has 1 unspecified atom stereocenters. The highest BCUT2D eigenvalue weighted by Crippen LogP contribution is 2.24. The molecule has 6 heteroatoms. The van der Waals surface area contributed by atoms with E-state index < -0.39 is 11.9 Å². The smallest absolute Gasteiger partial charge is 0.321 e. The summed E-state index contributed by atoms with van der Waals surface area (Å²) in [5.41, 5.74) is 0.475. The van der Waals surface area contributed by atoms with E-state index in [0.29, 0.717) is 31.0 Å². The van der Waals surface area contributed by atoms with Crippen LogP contribution in [0.4, 0.5) is 5.69 Å². The van der Waals surface area contributed by atoms with Crippen molar-refractivity contribution in [1.29, 1.82) is 0 Å². The molecular formula is C16H22N2O4. The summed E-state index contributed by atoms with van der Waals surface area (Å²) in [6.45, 7) is 6.10. The van der Waals surface area contributed by atoms with E-state index >= 15 is 0 Å². The minimum atomic E-state index is -0.991. The van der Waals surface area contributed by atoms with Crippen LogP contribution in [0.1, 0.15) is 33.6 Å². The number of carbonyl (C=O) groups is 2. The molecule has 0 aliphatic rings. The fourth-order valence-corrected chi connectivity index (χ4v) is 1.79. The summed E-state index contributed by atoms with van der Waals surface area (Å²) in [5.74, 6) is -1.40. The van der Waals surface area contributed by atoms with Gasteiger partial charge in [-0.15, -0.1) is 0 Å². The van der Waals surface area contributed by atoms with Gasteiger partial charge in [-0.05, 0) is 32.4 Å². The Kier molecular flexibility index (Phi) is 7.81. The summed E-state index contributed by atoms with van der Waals surface area (Å²) in [6, 6.07) is 3.42. The van der Waals surface area contributed by atoms with Crippen LogP contribution in [0, 0.1) is 5.92 Å². The average Bonchev–Trinajstić information content (AvgIpc) is 2.50. The highest BCUT2D eigenvalue weighted by molar-refractivity contribution is 6.12. The maximum atomic E-state index is 12.1. The molecule has 1 heterocycles. The summed E-state index contributed by atoms with van der Waals surface area (Å²) >= 11 is 0. The first-order valence-electron chi connectivity index (χ1n) is 7.45. The quantitative estimate of drug-likeness (QED) is 0.398. The molecular weight excluding hydrogens is 284 g/mol. The van der Waals surface area contributed by atoms with Crippen LogP contribution in [-0.4, -0.2) is 36.2 Å². The van der Waals surface area contributed by atoms with E-state index in [1.165, 1.54) is 6.21 Å². The lowest BCUT2D eigenvalue weighted by Gasteiger charge is -2.10. The van der Waals surface area contributed by atoms with Gasteiger partial charge in [-0.25, -0.2) is 4.98 Å². The zero-order valence-corrected chi connectivity index (χ0v) is 13.2. The largest absolute Gasteiger partial charge is 0.476 e. The third kappa shape index (κ3) is 5.27. The molecule has 0 radical (unpaired) electrons. The van der Waals surface area contributed by atoms with Crippen LogP contribution in [0.3, 0.4) is 0 Å². The second-order valence-corrected chi connectivity index (χ2v) is 4.48. The summed E-state index contributed by atoms with van der Waals surface area (Å²) in [4.78, 5) is 32.2. The Bertz CT molecular complexity index is 511. The number of esters is 1. The summed E-state index contributed by atoms with van der Waals surface area (Å²) in [7, 11) is 0. The van der Waals surface area contributed by atoms with Gasteiger partial charge in [0, 0.05) is 18.8 Å². The van der Waals surface area contributed by atoms with E-state index in [9.17, 15) is 9.59 Å². The number of Topliss-reactive ketones (excluding diaryl/α,β-unsaturated/α-hetero) is 1. The predicted molar refractivity (Wildman–Crippen MR) is 83.6 cm³/mol. The van der Waals surface area contributed by atoms with Gasteiger partial charge >= 0.3 is 5.97 Å². The number of ether oxygens (including phenoxy) is 2. The van der Waals surface area contributed by atoms with Gasteiger partial charge in [0.2, 0.25) is 5.88 Å². The molecule has 1 aromatic heterocycles. The highest BCUT2D eigenvalue weighted by Gasteiger charge is 2.25. The molecule has 1 atom stereocenters. The van der Waals surface area contributed by atoms with Gasteiger partial charge in [-0.2, -0.15) is 0 Å². The number of ketones is 1. The monoisotopic (exact) mass is 306 g/mol. The second kappa shape index (κ2) is 9.65. The Morgan fingerprint density at radius 3 is 2.73 bits per heavy atom. The van der Waals surface area contributed by atoms with Crippen molar-refractivity contribution in [2.45, 2.75) is 33.6 Å². The minimum Gasteiger partial charge on any atom is -0.476 e. The zero-order chi connectivity index (χ0) is 16.4. The Hall–Kier alpha value is -2.24. The molecule has 0 aliphatic carbocycles. The molecule has 1 rings (SSSR count). The van der Waals surface area contributed by atoms with Crippen LogP contribution in [0.15, 0.2) is 23.3 Å². The third-order valence-corrected chi connectivity index (χ3v) is 2.78. The van der Waals surface area contributed by atoms with Crippen LogP contribution < -0.4 is 4.74 Å². The Balaban J connectivity index is 2.97. The van der Waals surface area contributed by atoms with Gasteiger partial charge in [0.05, 0.1) is 13.2 Å². The number of hydrogen-bond donors (Lipinski definition) is 0. The number of pyridine rings is 1. The van der Waals surface area contributed by atoms with E-state index in [1.807, 2.05) is 13.8 Å². The van der Waals surface area contributed by atoms with Crippen molar-refractivity contribution in [1.82, 2.24) is 4.98 Å². The molecule has 0 bridgehead atoms. The van der Waals surface area contributed by atoms with E-state index in [4.69, 9.17) is 9.47 Å². The van der Waals surface area contributed by atoms with Crippen molar-refractivity contribution < 1.29 is 19.1 Å². The molecule has 120 valence electrons. The number of hydrogen-bond acceptors (Lipinski definition) is 6. The van der Waals surface area contributed by atoms with Crippen molar-refractivity contribution in [3.63, 3.8) is 0 Å². The summed E-state index contributed by atoms with van der Waals surface area (Å²) in [5, 5.41) is 0. The molecule has 0 fully saturated rings. The first-order chi connectivity index (χ1) is 10.6. The normalized spacial score (nSPS) is 12.1. The summed E-state index contributed by atoms with van der Waals surface area (Å²) in [6.07, 6.45) is 3.88. The molecule has 0 amide bonds. The zero-order valence-electron chi connectivity index (χ0n) is 13.2. The third-order valence-electron chi connectivity index (χ3n) is 2.78.